The fraction of sp³-hybridized carbons (Fsp3) is 0.579. The van der Waals surface area contributed by atoms with Gasteiger partial charge in [-0.3, -0.25) is 14.5 Å². The third kappa shape index (κ3) is 5.98. The number of rotatable bonds is 9. The normalized spacial score (nSPS) is 15.7. The van der Waals surface area contributed by atoms with Gasteiger partial charge in [-0.15, -0.1) is 23.4 Å². The first-order valence-electron chi connectivity index (χ1n) is 8.77. The average molecular weight is 400 g/mol. The van der Waals surface area contributed by atoms with Gasteiger partial charge in [0.2, 0.25) is 0 Å². The molecule has 1 aliphatic heterocycles. The second-order valence-corrected chi connectivity index (χ2v) is 8.07. The molecule has 0 aliphatic carbocycles. The Bertz CT molecular complexity index is 600. The Morgan fingerprint density at radius 2 is 1.88 bits per heavy atom. The number of benzene rings is 1. The Morgan fingerprint density at radius 3 is 2.50 bits per heavy atom. The van der Waals surface area contributed by atoms with Gasteiger partial charge < -0.3 is 9.47 Å². The van der Waals surface area contributed by atoms with Crippen molar-refractivity contribution in [2.24, 2.45) is 0 Å². The molecule has 1 aromatic carbocycles. The second kappa shape index (κ2) is 10.3. The predicted octanol–water partition coefficient (Wildman–Crippen LogP) is 3.24. The number of alkyl halides is 1. The number of halogens is 1. The molecule has 144 valence electrons. The summed E-state index contributed by atoms with van der Waals surface area (Å²) in [6.07, 6.45) is 0.238. The summed E-state index contributed by atoms with van der Waals surface area (Å²) in [5, 5.41) is 0. The number of ketones is 1. The molecule has 0 atom stereocenters. The van der Waals surface area contributed by atoms with E-state index in [-0.39, 0.29) is 24.1 Å². The van der Waals surface area contributed by atoms with Gasteiger partial charge in [-0.1, -0.05) is 12.1 Å². The Labute approximate surface area is 164 Å². The summed E-state index contributed by atoms with van der Waals surface area (Å²) < 4.78 is 10.4. The lowest BCUT2D eigenvalue weighted by molar-refractivity contribution is -0.142. The Balaban J connectivity index is 1.85. The lowest BCUT2D eigenvalue weighted by Gasteiger charge is -2.39. The van der Waals surface area contributed by atoms with Gasteiger partial charge in [-0.05, 0) is 26.0 Å². The molecule has 1 saturated heterocycles. The van der Waals surface area contributed by atoms with Crippen LogP contribution in [-0.2, 0) is 14.3 Å². The van der Waals surface area contributed by atoms with Crippen LogP contribution in [0.2, 0.25) is 0 Å². The van der Waals surface area contributed by atoms with E-state index in [0.717, 1.165) is 18.0 Å². The van der Waals surface area contributed by atoms with Crippen LogP contribution in [-0.4, -0.2) is 66.7 Å². The minimum Gasteiger partial charge on any atom is -0.465 e. The number of nitrogens with zero attached hydrogens (tertiary/aromatic N) is 1. The first-order valence-corrected chi connectivity index (χ1v) is 10.3. The highest BCUT2D eigenvalue weighted by molar-refractivity contribution is 7.99. The van der Waals surface area contributed by atoms with Crippen molar-refractivity contribution in [1.82, 2.24) is 4.90 Å². The SMILES string of the molecule is CC(C)(C(=O)c1ccc(SCCOC(=O)CCCl)cc1)N1CCOCC1. The molecule has 7 heteroatoms. The number of esters is 1. The van der Waals surface area contributed by atoms with Crippen LogP contribution in [0, 0.1) is 0 Å². The summed E-state index contributed by atoms with van der Waals surface area (Å²) in [4.78, 5) is 27.4. The fourth-order valence-corrected chi connectivity index (χ4v) is 3.67. The number of Topliss-reactive ketones (excluding diaryl/α,β-unsaturated/α-hetero) is 1. The van der Waals surface area contributed by atoms with E-state index in [0.29, 0.717) is 31.1 Å². The third-order valence-corrected chi connectivity index (χ3v) is 5.55. The van der Waals surface area contributed by atoms with Crippen molar-refractivity contribution in [3.8, 4) is 0 Å². The Kier molecular flexibility index (Phi) is 8.41. The summed E-state index contributed by atoms with van der Waals surface area (Å²) in [5.74, 6) is 0.793. The van der Waals surface area contributed by atoms with Crippen molar-refractivity contribution in [2.45, 2.75) is 30.7 Å². The van der Waals surface area contributed by atoms with E-state index < -0.39 is 5.54 Å². The Hall–Kier alpha value is -1.08. The van der Waals surface area contributed by atoms with Crippen LogP contribution in [0.1, 0.15) is 30.6 Å². The number of hydrogen-bond donors (Lipinski definition) is 0. The van der Waals surface area contributed by atoms with Gasteiger partial charge in [0.05, 0.1) is 25.2 Å². The maximum absolute atomic E-state index is 12.9. The zero-order valence-electron chi connectivity index (χ0n) is 15.3. The van der Waals surface area contributed by atoms with Gasteiger partial charge in [0, 0.05) is 35.2 Å². The number of carbonyl (C=O) groups is 2. The summed E-state index contributed by atoms with van der Waals surface area (Å²) in [5.41, 5.74) is 0.161. The maximum atomic E-state index is 12.9. The molecule has 1 fully saturated rings. The van der Waals surface area contributed by atoms with E-state index in [4.69, 9.17) is 21.1 Å². The molecule has 26 heavy (non-hydrogen) atoms. The van der Waals surface area contributed by atoms with Crippen LogP contribution in [0.4, 0.5) is 0 Å². The van der Waals surface area contributed by atoms with E-state index >= 15 is 0 Å². The van der Waals surface area contributed by atoms with Gasteiger partial charge in [0.15, 0.2) is 5.78 Å². The number of morpholine rings is 1. The molecular formula is C19H26ClNO4S. The molecule has 5 nitrogen and oxygen atoms in total. The quantitative estimate of drug-likeness (QED) is 0.209. The molecule has 1 aliphatic rings. The molecule has 0 amide bonds. The minimum absolute atomic E-state index is 0.117. The van der Waals surface area contributed by atoms with E-state index in [1.54, 1.807) is 11.8 Å². The third-order valence-electron chi connectivity index (χ3n) is 4.39. The number of hydrogen-bond acceptors (Lipinski definition) is 6. The van der Waals surface area contributed by atoms with Gasteiger partial charge in [0.1, 0.15) is 6.61 Å². The summed E-state index contributed by atoms with van der Waals surface area (Å²) >= 11 is 7.07. The molecule has 0 N–H and O–H groups in total. The van der Waals surface area contributed by atoms with Crippen LogP contribution in [0.5, 0.6) is 0 Å². The molecule has 1 heterocycles. The van der Waals surface area contributed by atoms with Gasteiger partial charge in [-0.2, -0.15) is 0 Å². The van der Waals surface area contributed by atoms with Crippen LogP contribution in [0.3, 0.4) is 0 Å². The van der Waals surface area contributed by atoms with Crippen molar-refractivity contribution < 1.29 is 19.1 Å². The first kappa shape index (κ1) is 21.2. The number of thioether (sulfide) groups is 1. The fourth-order valence-electron chi connectivity index (χ4n) is 2.79. The maximum Gasteiger partial charge on any atom is 0.307 e. The predicted molar refractivity (Wildman–Crippen MR) is 104 cm³/mol. The average Bonchev–Trinajstić information content (AvgIpc) is 2.66. The lowest BCUT2D eigenvalue weighted by atomic mass is 9.91. The van der Waals surface area contributed by atoms with Crippen LogP contribution in [0.25, 0.3) is 0 Å². The minimum atomic E-state index is -0.547. The van der Waals surface area contributed by atoms with Crippen LogP contribution in [0.15, 0.2) is 29.2 Å². The smallest absolute Gasteiger partial charge is 0.307 e. The topological polar surface area (TPSA) is 55.8 Å². The molecule has 2 rings (SSSR count). The van der Waals surface area contributed by atoms with Crippen LogP contribution >= 0.6 is 23.4 Å². The second-order valence-electron chi connectivity index (χ2n) is 6.52. The number of carbonyl (C=O) groups excluding carboxylic acids is 2. The monoisotopic (exact) mass is 399 g/mol. The van der Waals surface area contributed by atoms with Gasteiger partial charge in [0.25, 0.3) is 0 Å². The van der Waals surface area contributed by atoms with E-state index in [2.05, 4.69) is 4.90 Å². The van der Waals surface area contributed by atoms with Crippen molar-refractivity contribution in [3.05, 3.63) is 29.8 Å². The van der Waals surface area contributed by atoms with Gasteiger partial charge in [-0.25, -0.2) is 0 Å². The molecule has 1 aromatic rings. The van der Waals surface area contributed by atoms with Crippen molar-refractivity contribution in [2.75, 3.05) is 44.5 Å². The van der Waals surface area contributed by atoms with E-state index in [9.17, 15) is 9.59 Å². The highest BCUT2D eigenvalue weighted by Gasteiger charge is 2.35. The highest BCUT2D eigenvalue weighted by Crippen LogP contribution is 2.24. The summed E-state index contributed by atoms with van der Waals surface area (Å²) in [6, 6.07) is 7.61. The molecule has 0 bridgehead atoms. The molecule has 0 spiro atoms. The zero-order valence-corrected chi connectivity index (χ0v) is 16.9. The van der Waals surface area contributed by atoms with E-state index in [1.165, 1.54) is 0 Å². The summed E-state index contributed by atoms with van der Waals surface area (Å²) in [7, 11) is 0. The largest absolute Gasteiger partial charge is 0.465 e. The molecule has 0 unspecified atom stereocenters. The standard InChI is InChI=1S/C19H26ClNO4S/c1-19(2,21-9-11-24-12-10-21)18(23)15-3-5-16(6-4-15)26-14-13-25-17(22)7-8-20/h3-6H,7-14H2,1-2H3. The zero-order chi connectivity index (χ0) is 19.0. The van der Waals surface area contributed by atoms with Gasteiger partial charge >= 0.3 is 5.97 Å². The summed E-state index contributed by atoms with van der Waals surface area (Å²) in [6.45, 7) is 7.18. The Morgan fingerprint density at radius 1 is 1.23 bits per heavy atom. The van der Waals surface area contributed by atoms with Crippen molar-refractivity contribution in [3.63, 3.8) is 0 Å². The first-order chi connectivity index (χ1) is 12.4. The van der Waals surface area contributed by atoms with Crippen LogP contribution < -0.4 is 0 Å². The molecule has 0 aromatic heterocycles. The molecule has 0 radical (unpaired) electrons. The van der Waals surface area contributed by atoms with Crippen molar-refractivity contribution >= 4 is 35.1 Å². The highest BCUT2D eigenvalue weighted by atomic mass is 35.5. The van der Waals surface area contributed by atoms with Crippen molar-refractivity contribution in [1.29, 1.82) is 0 Å². The molecular weight excluding hydrogens is 374 g/mol. The van der Waals surface area contributed by atoms with E-state index in [1.807, 2.05) is 38.1 Å². The lowest BCUT2D eigenvalue weighted by Crippen LogP contribution is -2.54. The number of ether oxygens (including phenoxy) is 2. The molecule has 0 saturated carbocycles.